The third-order valence-corrected chi connectivity index (χ3v) is 2.95. The van der Waals surface area contributed by atoms with Crippen LogP contribution in [0.15, 0.2) is 0 Å². The van der Waals surface area contributed by atoms with Crippen LogP contribution < -0.4 is 0 Å². The molecule has 1 aliphatic heterocycles. The monoisotopic (exact) mass is 203 g/mol. The Labute approximate surface area is 84.8 Å². The van der Waals surface area contributed by atoms with Crippen molar-refractivity contribution in [1.82, 2.24) is 4.90 Å². The van der Waals surface area contributed by atoms with Crippen LogP contribution in [0.5, 0.6) is 0 Å². The summed E-state index contributed by atoms with van der Waals surface area (Å²) in [5.41, 5.74) is 0. The molecule has 13 heavy (non-hydrogen) atoms. The number of nitrogens with zero attached hydrogens (tertiary/aromatic N) is 1. The summed E-state index contributed by atoms with van der Waals surface area (Å²) in [4.78, 5) is 12.9. The van der Waals surface area contributed by atoms with Crippen LogP contribution in [0, 0.1) is 11.8 Å². The zero-order valence-electron chi connectivity index (χ0n) is 8.19. The molecule has 0 radical (unpaired) electrons. The van der Waals surface area contributed by atoms with Crippen LogP contribution in [0.1, 0.15) is 13.8 Å². The molecule has 1 saturated heterocycles. The van der Waals surface area contributed by atoms with Gasteiger partial charge < -0.3 is 9.64 Å². The van der Waals surface area contributed by atoms with E-state index in [0.717, 1.165) is 18.8 Å². The lowest BCUT2D eigenvalue weighted by atomic mass is 9.97. The summed E-state index contributed by atoms with van der Waals surface area (Å²) < 4.78 is 4.85. The lowest BCUT2D eigenvalue weighted by molar-refractivity contribution is 0.152. The topological polar surface area (TPSA) is 29.5 Å². The van der Waals surface area contributed by atoms with Gasteiger partial charge in [0, 0.05) is 6.54 Å². The van der Waals surface area contributed by atoms with E-state index in [1.165, 1.54) is 0 Å². The van der Waals surface area contributed by atoms with Crippen molar-refractivity contribution in [3.05, 3.63) is 0 Å². The second-order valence-corrected chi connectivity index (χ2v) is 4.11. The Balaban J connectivity index is 2.41. The zero-order chi connectivity index (χ0) is 9.84. The van der Waals surface area contributed by atoms with Crippen molar-refractivity contribution in [3.63, 3.8) is 0 Å². The Morgan fingerprint density at radius 2 is 2.31 bits per heavy atom. The molecule has 4 heteroatoms. The predicted octanol–water partition coefficient (Wildman–Crippen LogP) is 1.64. The van der Waals surface area contributed by atoms with Gasteiger partial charge in [0.15, 0.2) is 0 Å². The van der Waals surface area contributed by atoms with Gasteiger partial charge in [-0.15, -0.1) is 0 Å². The number of carbonyl (C=O) groups excluding carboxylic acids is 1. The largest absolute Gasteiger partial charge is 0.448 e. The summed E-state index contributed by atoms with van der Waals surface area (Å²) in [7, 11) is 0. The van der Waals surface area contributed by atoms with Gasteiger partial charge in [0.25, 0.3) is 0 Å². The van der Waals surface area contributed by atoms with Gasteiger partial charge >= 0.3 is 6.09 Å². The van der Waals surface area contributed by atoms with Crippen LogP contribution in [-0.4, -0.2) is 36.4 Å². The van der Waals surface area contributed by atoms with Crippen LogP contribution in [0.2, 0.25) is 0 Å². The van der Waals surface area contributed by atoms with E-state index < -0.39 is 0 Å². The smallest absolute Gasteiger partial charge is 0.409 e. The lowest BCUT2D eigenvalue weighted by Gasteiger charge is -2.23. The van der Waals surface area contributed by atoms with Crippen molar-refractivity contribution < 1.29 is 9.53 Å². The molecule has 1 heterocycles. The van der Waals surface area contributed by atoms with E-state index in [1.54, 1.807) is 4.90 Å². The molecule has 0 spiro atoms. The summed E-state index contributed by atoms with van der Waals surface area (Å²) in [6, 6.07) is 0. The third kappa shape index (κ3) is 2.79. The van der Waals surface area contributed by atoms with Gasteiger partial charge in [0.1, 0.15) is 6.61 Å². The van der Waals surface area contributed by atoms with Crippen molar-refractivity contribution in [3.8, 4) is 0 Å². The van der Waals surface area contributed by atoms with Gasteiger partial charge in [0.05, 0.1) is 6.54 Å². The van der Waals surface area contributed by atoms with E-state index >= 15 is 0 Å². The Morgan fingerprint density at radius 3 is 2.69 bits per heavy atom. The molecule has 0 aromatic carbocycles. The van der Waals surface area contributed by atoms with E-state index in [9.17, 15) is 4.79 Å². The van der Waals surface area contributed by atoms with Crippen molar-refractivity contribution in [1.29, 1.82) is 0 Å². The second kappa shape index (κ2) is 4.74. The van der Waals surface area contributed by atoms with Gasteiger partial charge in [-0.3, -0.25) is 0 Å². The first-order valence-corrected chi connectivity index (χ1v) is 5.31. The Kier molecular flexibility index (Phi) is 3.90. The Morgan fingerprint density at radius 1 is 1.62 bits per heavy atom. The molecule has 1 fully saturated rings. The normalized spacial score (nSPS) is 19.4. The summed E-state index contributed by atoms with van der Waals surface area (Å²) >= 11 is 4.28. The van der Waals surface area contributed by atoms with Crippen LogP contribution in [-0.2, 0) is 4.74 Å². The van der Waals surface area contributed by atoms with Gasteiger partial charge in [-0.1, -0.05) is 13.8 Å². The number of cyclic esters (lactones) is 1. The van der Waals surface area contributed by atoms with Gasteiger partial charge in [0.2, 0.25) is 0 Å². The number of amides is 1. The summed E-state index contributed by atoms with van der Waals surface area (Å²) in [5.74, 6) is 1.85. The number of hydrogen-bond donors (Lipinski definition) is 1. The maximum Gasteiger partial charge on any atom is 0.409 e. The second-order valence-electron chi connectivity index (χ2n) is 3.75. The zero-order valence-corrected chi connectivity index (χ0v) is 9.09. The molecule has 1 rings (SSSR count). The lowest BCUT2D eigenvalue weighted by Crippen LogP contribution is -2.33. The average molecular weight is 203 g/mol. The minimum Gasteiger partial charge on any atom is -0.448 e. The van der Waals surface area contributed by atoms with Crippen LogP contribution in [0.25, 0.3) is 0 Å². The van der Waals surface area contributed by atoms with Gasteiger partial charge in [-0.2, -0.15) is 12.6 Å². The molecular weight excluding hydrogens is 186 g/mol. The number of hydrogen-bond acceptors (Lipinski definition) is 3. The fraction of sp³-hybridized carbons (Fsp3) is 0.889. The average Bonchev–Trinajstić information content (AvgIpc) is 2.46. The fourth-order valence-corrected chi connectivity index (χ4v) is 1.89. The minimum absolute atomic E-state index is 0.174. The highest BCUT2D eigenvalue weighted by Crippen LogP contribution is 2.16. The minimum atomic E-state index is -0.174. The first kappa shape index (κ1) is 10.7. The van der Waals surface area contributed by atoms with Gasteiger partial charge in [-0.25, -0.2) is 4.79 Å². The summed E-state index contributed by atoms with van der Waals surface area (Å²) in [6.07, 6.45) is -0.174. The van der Waals surface area contributed by atoms with E-state index in [1.807, 2.05) is 0 Å². The highest BCUT2D eigenvalue weighted by Gasteiger charge is 2.25. The van der Waals surface area contributed by atoms with Crippen molar-refractivity contribution >= 4 is 18.7 Å². The molecule has 0 bridgehead atoms. The maximum absolute atomic E-state index is 11.1. The SMILES string of the molecule is CC(C)C(CS)CN1CCOC1=O. The molecule has 1 aliphatic rings. The standard InChI is InChI=1S/C9H17NO2S/c1-7(2)8(6-13)5-10-3-4-12-9(10)11/h7-8,13H,3-6H2,1-2H3. The summed E-state index contributed by atoms with van der Waals surface area (Å²) in [6.45, 7) is 6.36. The van der Waals surface area contributed by atoms with Gasteiger partial charge in [-0.05, 0) is 17.6 Å². The number of thiol groups is 1. The molecule has 0 aliphatic carbocycles. The first-order chi connectivity index (χ1) is 6.15. The van der Waals surface area contributed by atoms with Crippen molar-refractivity contribution in [2.75, 3.05) is 25.4 Å². The molecule has 1 atom stereocenters. The van der Waals surface area contributed by atoms with E-state index in [0.29, 0.717) is 18.4 Å². The molecule has 0 aromatic rings. The highest BCUT2D eigenvalue weighted by molar-refractivity contribution is 7.80. The molecule has 0 N–H and O–H groups in total. The molecular formula is C9H17NO2S. The number of carbonyl (C=O) groups is 1. The molecule has 76 valence electrons. The van der Waals surface area contributed by atoms with E-state index in [-0.39, 0.29) is 6.09 Å². The van der Waals surface area contributed by atoms with Crippen molar-refractivity contribution in [2.45, 2.75) is 13.8 Å². The maximum atomic E-state index is 11.1. The van der Waals surface area contributed by atoms with Crippen LogP contribution in [0.4, 0.5) is 4.79 Å². The fourth-order valence-electron chi connectivity index (χ4n) is 1.35. The molecule has 1 unspecified atom stereocenters. The van der Waals surface area contributed by atoms with E-state index in [4.69, 9.17) is 4.74 Å². The summed E-state index contributed by atoms with van der Waals surface area (Å²) in [5, 5.41) is 0. The molecule has 0 saturated carbocycles. The predicted molar refractivity (Wildman–Crippen MR) is 55.1 cm³/mol. The molecule has 3 nitrogen and oxygen atoms in total. The van der Waals surface area contributed by atoms with Crippen LogP contribution >= 0.6 is 12.6 Å². The first-order valence-electron chi connectivity index (χ1n) is 4.67. The van der Waals surface area contributed by atoms with Crippen LogP contribution in [0.3, 0.4) is 0 Å². The van der Waals surface area contributed by atoms with Crippen molar-refractivity contribution in [2.24, 2.45) is 11.8 Å². The third-order valence-electron chi connectivity index (χ3n) is 2.48. The Hall–Kier alpha value is -0.380. The number of ether oxygens (including phenoxy) is 1. The van der Waals surface area contributed by atoms with E-state index in [2.05, 4.69) is 26.5 Å². The number of rotatable bonds is 4. The quantitative estimate of drug-likeness (QED) is 0.704. The molecule has 0 aromatic heterocycles. The highest BCUT2D eigenvalue weighted by atomic mass is 32.1. The molecule has 1 amide bonds. The Bertz CT molecular complexity index is 184.